The quantitative estimate of drug-likeness (QED) is 0.594. The van der Waals surface area contributed by atoms with Crippen molar-refractivity contribution < 1.29 is 0 Å². The molecule has 18 heavy (non-hydrogen) atoms. The predicted octanol–water partition coefficient (Wildman–Crippen LogP) is 5.88. The molecule has 0 aliphatic carbocycles. The maximum Gasteiger partial charge on any atom is 0.0561 e. The number of aryl methyl sites for hydroxylation is 2. The smallest absolute Gasteiger partial charge is 0.0561 e. The third-order valence-corrected chi connectivity index (χ3v) is 5.87. The fourth-order valence-corrected chi connectivity index (χ4v) is 3.06. The van der Waals surface area contributed by atoms with Crippen LogP contribution in [0.25, 0.3) is 0 Å². The predicted molar refractivity (Wildman–Crippen MR) is 85.7 cm³/mol. The van der Waals surface area contributed by atoms with Gasteiger partial charge in [0.25, 0.3) is 0 Å². The average molecular weight is 368 g/mol. The Morgan fingerprint density at radius 3 is 1.17 bits per heavy atom. The Balaban J connectivity index is 2.20. The summed E-state index contributed by atoms with van der Waals surface area (Å²) in [5.74, 6) is 0. The summed E-state index contributed by atoms with van der Waals surface area (Å²) in [7, 11) is 0. The van der Waals surface area contributed by atoms with Crippen molar-refractivity contribution in [2.75, 3.05) is 0 Å². The summed E-state index contributed by atoms with van der Waals surface area (Å²) < 4.78 is 0. The molecule has 2 heteroatoms. The van der Waals surface area contributed by atoms with E-state index in [2.05, 4.69) is 94.2 Å². The fraction of sp³-hybridized carbons (Fsp3) is 0.250. The van der Waals surface area contributed by atoms with Crippen LogP contribution in [0.5, 0.6) is 0 Å². The van der Waals surface area contributed by atoms with Crippen LogP contribution in [0.15, 0.2) is 48.5 Å². The van der Waals surface area contributed by atoms with Gasteiger partial charge in [0, 0.05) is 0 Å². The monoisotopic (exact) mass is 366 g/mol. The highest BCUT2D eigenvalue weighted by molar-refractivity contribution is 9.12. The van der Waals surface area contributed by atoms with Gasteiger partial charge < -0.3 is 0 Å². The Morgan fingerprint density at radius 2 is 0.889 bits per heavy atom. The van der Waals surface area contributed by atoms with Gasteiger partial charge in [0.1, 0.15) is 0 Å². The van der Waals surface area contributed by atoms with Gasteiger partial charge in [-0.1, -0.05) is 91.5 Å². The molecule has 0 saturated carbocycles. The molecular formula is C16H16Br2. The summed E-state index contributed by atoms with van der Waals surface area (Å²) in [4.78, 5) is 0.557. The number of rotatable bonds is 3. The highest BCUT2D eigenvalue weighted by Crippen LogP contribution is 2.42. The molecule has 0 bridgehead atoms. The summed E-state index contributed by atoms with van der Waals surface area (Å²) in [6, 6.07) is 17.3. The van der Waals surface area contributed by atoms with E-state index < -0.39 is 0 Å². The Morgan fingerprint density at radius 1 is 0.611 bits per heavy atom. The molecule has 0 spiro atoms. The minimum Gasteiger partial charge on any atom is -0.0823 e. The van der Waals surface area contributed by atoms with Crippen LogP contribution in [0.1, 0.15) is 31.9 Å². The second-order valence-corrected chi connectivity index (χ2v) is 6.60. The maximum absolute atomic E-state index is 3.78. The van der Waals surface area contributed by atoms with Crippen LogP contribution in [0.4, 0.5) is 0 Å². The van der Waals surface area contributed by atoms with Gasteiger partial charge in [0.05, 0.1) is 9.65 Å². The molecule has 94 valence electrons. The molecule has 0 N–H and O–H groups in total. The van der Waals surface area contributed by atoms with Crippen molar-refractivity contribution in [3.05, 3.63) is 70.8 Å². The van der Waals surface area contributed by atoms with Crippen molar-refractivity contribution >= 4 is 31.9 Å². The lowest BCUT2D eigenvalue weighted by molar-refractivity contribution is 0.936. The molecule has 2 rings (SSSR count). The largest absolute Gasteiger partial charge is 0.0823 e. The Hall–Kier alpha value is -0.600. The van der Waals surface area contributed by atoms with Crippen molar-refractivity contribution in [1.29, 1.82) is 0 Å². The van der Waals surface area contributed by atoms with E-state index in [-0.39, 0.29) is 9.65 Å². The summed E-state index contributed by atoms with van der Waals surface area (Å²) in [6.07, 6.45) is 0. The van der Waals surface area contributed by atoms with Gasteiger partial charge in [0.15, 0.2) is 0 Å². The summed E-state index contributed by atoms with van der Waals surface area (Å²) in [5.41, 5.74) is 5.17. The summed E-state index contributed by atoms with van der Waals surface area (Å²) >= 11 is 7.57. The Kier molecular flexibility index (Phi) is 4.63. The van der Waals surface area contributed by atoms with E-state index in [9.17, 15) is 0 Å². The first-order chi connectivity index (χ1) is 8.58. The molecule has 0 aliphatic rings. The third kappa shape index (κ3) is 3.24. The van der Waals surface area contributed by atoms with E-state index in [1.165, 1.54) is 22.3 Å². The zero-order chi connectivity index (χ0) is 13.1. The minimum absolute atomic E-state index is 0.279. The van der Waals surface area contributed by atoms with Crippen molar-refractivity contribution in [3.8, 4) is 0 Å². The standard InChI is InChI=1S/C16H16Br2/c1-11-3-7-13(8-4-11)15(17)16(18)14-9-5-12(2)6-10-14/h3-10,15-16H,1-2H3/t15-,16-/m1/s1. The van der Waals surface area contributed by atoms with Gasteiger partial charge in [-0.25, -0.2) is 0 Å². The second kappa shape index (κ2) is 6.03. The molecule has 0 amide bonds. The van der Waals surface area contributed by atoms with E-state index in [0.717, 1.165) is 0 Å². The first-order valence-electron chi connectivity index (χ1n) is 5.99. The number of hydrogen-bond acceptors (Lipinski definition) is 0. The van der Waals surface area contributed by atoms with Crippen molar-refractivity contribution in [2.45, 2.75) is 23.5 Å². The zero-order valence-corrected chi connectivity index (χ0v) is 13.7. The molecule has 0 fully saturated rings. The number of benzene rings is 2. The van der Waals surface area contributed by atoms with Crippen LogP contribution in [0.2, 0.25) is 0 Å². The van der Waals surface area contributed by atoms with Gasteiger partial charge in [-0.15, -0.1) is 0 Å². The van der Waals surface area contributed by atoms with E-state index in [1.807, 2.05) is 0 Å². The lowest BCUT2D eigenvalue weighted by Crippen LogP contribution is -1.99. The highest BCUT2D eigenvalue weighted by Gasteiger charge is 2.19. The molecule has 0 unspecified atom stereocenters. The molecule has 0 heterocycles. The number of alkyl halides is 2. The van der Waals surface area contributed by atoms with Gasteiger partial charge in [-0.3, -0.25) is 0 Å². The third-order valence-electron chi connectivity index (χ3n) is 3.05. The first kappa shape index (κ1) is 13.8. The van der Waals surface area contributed by atoms with E-state index >= 15 is 0 Å². The van der Waals surface area contributed by atoms with Crippen molar-refractivity contribution in [3.63, 3.8) is 0 Å². The lowest BCUT2D eigenvalue weighted by Gasteiger charge is -2.18. The minimum atomic E-state index is 0.279. The summed E-state index contributed by atoms with van der Waals surface area (Å²) in [5, 5.41) is 0. The topological polar surface area (TPSA) is 0 Å². The second-order valence-electron chi connectivity index (χ2n) is 4.62. The van der Waals surface area contributed by atoms with Crippen LogP contribution >= 0.6 is 31.9 Å². The Labute approximate surface area is 126 Å². The zero-order valence-electron chi connectivity index (χ0n) is 10.5. The number of halogens is 2. The Bertz CT molecular complexity index is 450. The van der Waals surface area contributed by atoms with Crippen LogP contribution in [0, 0.1) is 13.8 Å². The van der Waals surface area contributed by atoms with E-state index in [1.54, 1.807) is 0 Å². The first-order valence-corrected chi connectivity index (χ1v) is 7.82. The molecule has 0 aromatic heterocycles. The molecule has 2 aromatic carbocycles. The van der Waals surface area contributed by atoms with Gasteiger partial charge in [-0.05, 0) is 25.0 Å². The average Bonchev–Trinajstić information content (AvgIpc) is 2.39. The molecule has 0 nitrogen and oxygen atoms in total. The lowest BCUT2D eigenvalue weighted by atomic mass is 10.0. The van der Waals surface area contributed by atoms with Crippen molar-refractivity contribution in [2.24, 2.45) is 0 Å². The maximum atomic E-state index is 3.78. The summed E-state index contributed by atoms with van der Waals surface area (Å²) in [6.45, 7) is 4.22. The number of hydrogen-bond donors (Lipinski definition) is 0. The highest BCUT2D eigenvalue weighted by atomic mass is 79.9. The van der Waals surface area contributed by atoms with Crippen LogP contribution in [-0.4, -0.2) is 0 Å². The van der Waals surface area contributed by atoms with Gasteiger partial charge in [0.2, 0.25) is 0 Å². The molecule has 2 atom stereocenters. The SMILES string of the molecule is Cc1ccc([C@@H](Br)[C@H](Br)c2ccc(C)cc2)cc1. The van der Waals surface area contributed by atoms with E-state index in [4.69, 9.17) is 0 Å². The normalized spacial score (nSPS) is 14.2. The van der Waals surface area contributed by atoms with Crippen LogP contribution in [-0.2, 0) is 0 Å². The fourth-order valence-electron chi connectivity index (χ4n) is 1.84. The van der Waals surface area contributed by atoms with Crippen molar-refractivity contribution in [1.82, 2.24) is 0 Å². The van der Waals surface area contributed by atoms with Gasteiger partial charge >= 0.3 is 0 Å². The van der Waals surface area contributed by atoms with Crippen LogP contribution in [0.3, 0.4) is 0 Å². The molecular weight excluding hydrogens is 352 g/mol. The van der Waals surface area contributed by atoms with Crippen LogP contribution < -0.4 is 0 Å². The molecule has 2 aromatic rings. The molecule has 0 saturated heterocycles. The molecule has 0 aliphatic heterocycles. The molecule has 0 radical (unpaired) electrons. The van der Waals surface area contributed by atoms with Gasteiger partial charge in [-0.2, -0.15) is 0 Å². The van der Waals surface area contributed by atoms with E-state index in [0.29, 0.717) is 0 Å².